The molecule has 1 amide bonds. The third-order valence-corrected chi connectivity index (χ3v) is 3.22. The fourth-order valence-corrected chi connectivity index (χ4v) is 2.44. The van der Waals surface area contributed by atoms with Gasteiger partial charge in [0.15, 0.2) is 0 Å². The molecule has 19 heavy (non-hydrogen) atoms. The quantitative estimate of drug-likeness (QED) is 0.692. The number of ether oxygens (including phenoxy) is 1. The fraction of sp³-hybridized carbons (Fsp3) is 0.714. The van der Waals surface area contributed by atoms with Crippen LogP contribution in [0.3, 0.4) is 0 Å². The Morgan fingerprint density at radius 3 is 2.74 bits per heavy atom. The van der Waals surface area contributed by atoms with Gasteiger partial charge in [-0.3, -0.25) is 9.59 Å². The summed E-state index contributed by atoms with van der Waals surface area (Å²) in [7, 11) is 1.50. The molecule has 2 N–H and O–H groups in total. The van der Waals surface area contributed by atoms with Crippen LogP contribution in [0.5, 0.6) is 0 Å². The van der Waals surface area contributed by atoms with Crippen LogP contribution < -0.4 is 5.32 Å². The van der Waals surface area contributed by atoms with E-state index in [0.29, 0.717) is 6.42 Å². The summed E-state index contributed by atoms with van der Waals surface area (Å²) in [5, 5.41) is 11.7. The first kappa shape index (κ1) is 15.7. The van der Waals surface area contributed by atoms with Crippen LogP contribution in [0.1, 0.15) is 45.4 Å². The van der Waals surface area contributed by atoms with Gasteiger partial charge in [-0.1, -0.05) is 11.6 Å². The molecule has 0 aliphatic heterocycles. The second kappa shape index (κ2) is 7.28. The molecule has 5 heteroatoms. The van der Waals surface area contributed by atoms with Crippen molar-refractivity contribution in [1.82, 2.24) is 5.32 Å². The lowest BCUT2D eigenvalue weighted by atomic mass is 9.95. The number of hydrogen-bond acceptors (Lipinski definition) is 3. The SMILES string of the molecule is COCC(C)(CC(=O)O)NC(=O)CC1=CCCCC1. The third-order valence-electron chi connectivity index (χ3n) is 3.22. The highest BCUT2D eigenvalue weighted by atomic mass is 16.5. The van der Waals surface area contributed by atoms with Crippen LogP contribution in [0.15, 0.2) is 11.6 Å². The monoisotopic (exact) mass is 269 g/mol. The van der Waals surface area contributed by atoms with E-state index in [4.69, 9.17) is 9.84 Å². The fourth-order valence-electron chi connectivity index (χ4n) is 2.44. The van der Waals surface area contributed by atoms with E-state index in [1.54, 1.807) is 6.92 Å². The largest absolute Gasteiger partial charge is 0.481 e. The van der Waals surface area contributed by atoms with Gasteiger partial charge in [-0.2, -0.15) is 0 Å². The van der Waals surface area contributed by atoms with Crippen molar-refractivity contribution in [2.24, 2.45) is 0 Å². The van der Waals surface area contributed by atoms with E-state index in [0.717, 1.165) is 24.8 Å². The Kier molecular flexibility index (Phi) is 6.02. The number of methoxy groups -OCH3 is 1. The van der Waals surface area contributed by atoms with E-state index in [1.807, 2.05) is 0 Å². The second-order valence-corrected chi connectivity index (χ2v) is 5.40. The first-order chi connectivity index (χ1) is 8.95. The van der Waals surface area contributed by atoms with Crippen LogP contribution in [-0.4, -0.2) is 36.2 Å². The van der Waals surface area contributed by atoms with E-state index in [1.165, 1.54) is 13.5 Å². The van der Waals surface area contributed by atoms with E-state index in [2.05, 4.69) is 11.4 Å². The van der Waals surface area contributed by atoms with Crippen molar-refractivity contribution < 1.29 is 19.4 Å². The van der Waals surface area contributed by atoms with Gasteiger partial charge in [0.05, 0.1) is 18.6 Å². The van der Waals surface area contributed by atoms with Gasteiger partial charge in [-0.25, -0.2) is 0 Å². The van der Waals surface area contributed by atoms with Gasteiger partial charge < -0.3 is 15.2 Å². The molecule has 0 radical (unpaired) electrons. The minimum atomic E-state index is -0.947. The molecule has 1 unspecified atom stereocenters. The van der Waals surface area contributed by atoms with Crippen molar-refractivity contribution in [2.75, 3.05) is 13.7 Å². The summed E-state index contributed by atoms with van der Waals surface area (Å²) in [6.45, 7) is 1.88. The maximum Gasteiger partial charge on any atom is 0.305 e. The summed E-state index contributed by atoms with van der Waals surface area (Å²) < 4.78 is 5.01. The molecule has 0 heterocycles. The molecule has 0 spiro atoms. The van der Waals surface area contributed by atoms with Crippen molar-refractivity contribution in [3.05, 3.63) is 11.6 Å². The molecule has 1 atom stereocenters. The number of rotatable bonds is 7. The molecule has 1 aliphatic rings. The second-order valence-electron chi connectivity index (χ2n) is 5.40. The molecule has 108 valence electrons. The normalized spacial score (nSPS) is 18.3. The highest BCUT2D eigenvalue weighted by molar-refractivity contribution is 5.80. The Balaban J connectivity index is 2.55. The van der Waals surface area contributed by atoms with Crippen LogP contribution in [0.4, 0.5) is 0 Å². The molecule has 0 saturated heterocycles. The van der Waals surface area contributed by atoms with Gasteiger partial charge in [-0.05, 0) is 32.6 Å². The first-order valence-corrected chi connectivity index (χ1v) is 6.65. The Morgan fingerprint density at radius 2 is 2.21 bits per heavy atom. The Bertz CT molecular complexity index is 364. The van der Waals surface area contributed by atoms with Gasteiger partial charge in [0, 0.05) is 13.5 Å². The van der Waals surface area contributed by atoms with E-state index >= 15 is 0 Å². The Morgan fingerprint density at radius 1 is 1.47 bits per heavy atom. The lowest BCUT2D eigenvalue weighted by molar-refractivity contribution is -0.139. The van der Waals surface area contributed by atoms with Crippen molar-refractivity contribution in [3.8, 4) is 0 Å². The standard InChI is InChI=1S/C14H23NO4/c1-14(10-19-2,9-13(17)18)15-12(16)8-11-6-4-3-5-7-11/h6H,3-5,7-10H2,1-2H3,(H,15,16)(H,17,18). The average Bonchev–Trinajstić information content (AvgIpc) is 2.28. The van der Waals surface area contributed by atoms with E-state index in [9.17, 15) is 9.59 Å². The van der Waals surface area contributed by atoms with Crippen LogP contribution >= 0.6 is 0 Å². The summed E-state index contributed by atoms with van der Waals surface area (Å²) in [5.74, 6) is -1.08. The molecule has 0 fully saturated rings. The number of carboxylic acid groups (broad SMARTS) is 1. The molecule has 1 rings (SSSR count). The molecular formula is C14H23NO4. The predicted octanol–water partition coefficient (Wildman–Crippen LogP) is 1.87. The minimum Gasteiger partial charge on any atom is -0.481 e. The summed E-state index contributed by atoms with van der Waals surface area (Å²) in [5.41, 5.74) is 0.297. The number of allylic oxidation sites excluding steroid dienone is 1. The number of nitrogens with one attached hydrogen (secondary N) is 1. The van der Waals surface area contributed by atoms with Crippen molar-refractivity contribution in [2.45, 2.75) is 51.0 Å². The third kappa shape index (κ3) is 5.87. The molecule has 0 bridgehead atoms. The zero-order valence-electron chi connectivity index (χ0n) is 11.7. The lowest BCUT2D eigenvalue weighted by Crippen LogP contribution is -2.50. The topological polar surface area (TPSA) is 75.6 Å². The van der Waals surface area contributed by atoms with Crippen LogP contribution in [0.2, 0.25) is 0 Å². The van der Waals surface area contributed by atoms with Crippen LogP contribution in [-0.2, 0) is 14.3 Å². The number of aliphatic carboxylic acids is 1. The molecule has 0 aromatic rings. The Hall–Kier alpha value is -1.36. The summed E-state index contributed by atoms with van der Waals surface area (Å²) in [4.78, 5) is 22.8. The molecule has 1 aliphatic carbocycles. The predicted molar refractivity (Wildman–Crippen MR) is 71.8 cm³/mol. The summed E-state index contributed by atoms with van der Waals surface area (Å²) in [6, 6.07) is 0. The minimum absolute atomic E-state index is 0.131. The Labute approximate surface area is 114 Å². The average molecular weight is 269 g/mol. The summed E-state index contributed by atoms with van der Waals surface area (Å²) in [6.07, 6.45) is 6.65. The smallest absolute Gasteiger partial charge is 0.305 e. The van der Waals surface area contributed by atoms with Gasteiger partial charge in [0.25, 0.3) is 0 Å². The highest BCUT2D eigenvalue weighted by Gasteiger charge is 2.29. The van der Waals surface area contributed by atoms with Crippen LogP contribution in [0, 0.1) is 0 Å². The molecule has 0 aromatic heterocycles. The van der Waals surface area contributed by atoms with Gasteiger partial charge >= 0.3 is 5.97 Å². The first-order valence-electron chi connectivity index (χ1n) is 6.65. The van der Waals surface area contributed by atoms with Crippen LogP contribution in [0.25, 0.3) is 0 Å². The maximum absolute atomic E-state index is 12.0. The van der Waals surface area contributed by atoms with Gasteiger partial charge in [0.2, 0.25) is 5.91 Å². The zero-order valence-corrected chi connectivity index (χ0v) is 11.7. The number of hydrogen-bond donors (Lipinski definition) is 2. The van der Waals surface area contributed by atoms with Crippen molar-refractivity contribution in [3.63, 3.8) is 0 Å². The number of carboxylic acids is 1. The molecule has 0 aromatic carbocycles. The number of carbonyl (C=O) groups excluding carboxylic acids is 1. The molecule has 5 nitrogen and oxygen atoms in total. The highest BCUT2D eigenvalue weighted by Crippen LogP contribution is 2.20. The number of carbonyl (C=O) groups is 2. The van der Waals surface area contributed by atoms with E-state index in [-0.39, 0.29) is 18.9 Å². The lowest BCUT2D eigenvalue weighted by Gasteiger charge is -2.28. The number of amides is 1. The van der Waals surface area contributed by atoms with Crippen molar-refractivity contribution >= 4 is 11.9 Å². The van der Waals surface area contributed by atoms with E-state index < -0.39 is 11.5 Å². The van der Waals surface area contributed by atoms with Gasteiger partial charge in [-0.15, -0.1) is 0 Å². The van der Waals surface area contributed by atoms with Gasteiger partial charge in [0.1, 0.15) is 0 Å². The maximum atomic E-state index is 12.0. The molecule has 0 saturated carbocycles. The van der Waals surface area contributed by atoms with Crippen molar-refractivity contribution in [1.29, 1.82) is 0 Å². The summed E-state index contributed by atoms with van der Waals surface area (Å²) >= 11 is 0. The molecular weight excluding hydrogens is 246 g/mol. The zero-order chi connectivity index (χ0) is 14.3.